The molecule has 2 rings (SSSR count). The molecule has 1 amide bonds. The van der Waals surface area contributed by atoms with Gasteiger partial charge in [-0.05, 0) is 18.2 Å². The molecule has 0 fully saturated rings. The average molecular weight is 227 g/mol. The summed E-state index contributed by atoms with van der Waals surface area (Å²) in [4.78, 5) is 10.9. The molecule has 84 valence electrons. The highest BCUT2D eigenvalue weighted by atomic mass is 16.1. The number of anilines is 1. The van der Waals surface area contributed by atoms with E-state index in [1.807, 2.05) is 6.07 Å². The van der Waals surface area contributed by atoms with Gasteiger partial charge in [0, 0.05) is 11.9 Å². The summed E-state index contributed by atoms with van der Waals surface area (Å²) in [5.41, 5.74) is 12.4. The van der Waals surface area contributed by atoms with Gasteiger partial charge in [-0.15, -0.1) is 0 Å². The van der Waals surface area contributed by atoms with Crippen molar-refractivity contribution in [1.82, 2.24) is 9.78 Å². The highest BCUT2D eigenvalue weighted by molar-refractivity contribution is 5.92. The predicted molar refractivity (Wildman–Crippen MR) is 61.2 cm³/mol. The van der Waals surface area contributed by atoms with E-state index in [2.05, 4.69) is 5.10 Å². The predicted octanol–water partition coefficient (Wildman–Crippen LogP) is 0.425. The van der Waals surface area contributed by atoms with E-state index in [0.29, 0.717) is 22.5 Å². The number of amides is 1. The first-order chi connectivity index (χ1) is 8.11. The van der Waals surface area contributed by atoms with Gasteiger partial charge in [0.05, 0.1) is 23.0 Å². The van der Waals surface area contributed by atoms with Crippen LogP contribution in [0.15, 0.2) is 30.6 Å². The minimum atomic E-state index is -0.549. The monoisotopic (exact) mass is 227 g/mol. The third-order valence-corrected chi connectivity index (χ3v) is 2.29. The number of primary amides is 1. The van der Waals surface area contributed by atoms with Gasteiger partial charge in [-0.25, -0.2) is 4.68 Å². The highest BCUT2D eigenvalue weighted by Gasteiger charge is 2.07. The van der Waals surface area contributed by atoms with Crippen molar-refractivity contribution in [2.24, 2.45) is 5.73 Å². The fourth-order valence-electron chi connectivity index (χ4n) is 1.37. The number of benzene rings is 1. The number of nitrogens with two attached hydrogens (primary N) is 2. The molecule has 1 aromatic carbocycles. The molecule has 0 saturated heterocycles. The Kier molecular flexibility index (Phi) is 2.51. The van der Waals surface area contributed by atoms with Gasteiger partial charge in [-0.1, -0.05) is 0 Å². The van der Waals surface area contributed by atoms with Gasteiger partial charge >= 0.3 is 0 Å². The summed E-state index contributed by atoms with van der Waals surface area (Å²) in [5.74, 6) is -0.549. The van der Waals surface area contributed by atoms with E-state index < -0.39 is 5.91 Å². The number of nitrogen functional groups attached to an aromatic ring is 1. The molecule has 0 aliphatic carbocycles. The molecule has 0 aliphatic rings. The number of aromatic nitrogens is 2. The topological polar surface area (TPSA) is 111 Å². The Morgan fingerprint density at radius 3 is 2.82 bits per heavy atom. The molecular weight excluding hydrogens is 218 g/mol. The van der Waals surface area contributed by atoms with Crippen LogP contribution in [0.2, 0.25) is 0 Å². The summed E-state index contributed by atoms with van der Waals surface area (Å²) >= 11 is 0. The number of nitriles is 1. The van der Waals surface area contributed by atoms with Crippen LogP contribution in [0.4, 0.5) is 5.69 Å². The first-order valence-corrected chi connectivity index (χ1v) is 4.76. The van der Waals surface area contributed by atoms with Gasteiger partial charge in [0.1, 0.15) is 6.07 Å². The van der Waals surface area contributed by atoms with Crippen molar-refractivity contribution >= 4 is 11.6 Å². The fourth-order valence-corrected chi connectivity index (χ4v) is 1.37. The van der Waals surface area contributed by atoms with Crippen LogP contribution < -0.4 is 11.5 Å². The lowest BCUT2D eigenvalue weighted by molar-refractivity contribution is 0.100. The zero-order valence-corrected chi connectivity index (χ0v) is 8.79. The van der Waals surface area contributed by atoms with E-state index in [9.17, 15) is 4.79 Å². The van der Waals surface area contributed by atoms with E-state index in [4.69, 9.17) is 16.7 Å². The summed E-state index contributed by atoms with van der Waals surface area (Å²) in [7, 11) is 0. The normalized spacial score (nSPS) is 9.82. The summed E-state index contributed by atoms with van der Waals surface area (Å²) in [5, 5.41) is 12.8. The lowest BCUT2D eigenvalue weighted by Crippen LogP contribution is -2.09. The number of nitrogens with zero attached hydrogens (tertiary/aromatic N) is 3. The van der Waals surface area contributed by atoms with Crippen molar-refractivity contribution in [3.63, 3.8) is 0 Å². The van der Waals surface area contributed by atoms with E-state index in [1.54, 1.807) is 18.2 Å². The van der Waals surface area contributed by atoms with Crippen molar-refractivity contribution in [2.45, 2.75) is 0 Å². The number of rotatable bonds is 2. The lowest BCUT2D eigenvalue weighted by Gasteiger charge is -2.03. The Hall–Kier alpha value is -2.81. The Labute approximate surface area is 97.1 Å². The number of hydrogen-bond donors (Lipinski definition) is 2. The van der Waals surface area contributed by atoms with Gasteiger partial charge in [0.2, 0.25) is 0 Å². The van der Waals surface area contributed by atoms with Crippen molar-refractivity contribution in [1.29, 1.82) is 5.26 Å². The molecule has 0 bridgehead atoms. The van der Waals surface area contributed by atoms with Crippen molar-refractivity contribution in [3.8, 4) is 11.8 Å². The Balaban J connectivity index is 2.46. The molecule has 0 unspecified atom stereocenters. The fraction of sp³-hybridized carbons (Fsp3) is 0. The largest absolute Gasteiger partial charge is 0.398 e. The lowest BCUT2D eigenvalue weighted by atomic mass is 10.2. The Morgan fingerprint density at radius 2 is 2.24 bits per heavy atom. The average Bonchev–Trinajstić information content (AvgIpc) is 2.79. The minimum absolute atomic E-state index is 0.306. The molecule has 17 heavy (non-hydrogen) atoms. The number of carbonyl (C=O) groups excluding carboxylic acids is 1. The Bertz CT molecular complexity index is 623. The smallest absolute Gasteiger partial charge is 0.251 e. The quantitative estimate of drug-likeness (QED) is 0.724. The van der Waals surface area contributed by atoms with Crippen LogP contribution in [0.5, 0.6) is 0 Å². The third kappa shape index (κ3) is 1.94. The first-order valence-electron chi connectivity index (χ1n) is 4.76. The van der Waals surface area contributed by atoms with E-state index >= 15 is 0 Å². The molecule has 1 heterocycles. The van der Waals surface area contributed by atoms with Gasteiger partial charge in [-0.2, -0.15) is 10.4 Å². The summed E-state index contributed by atoms with van der Waals surface area (Å²) in [6.45, 7) is 0. The van der Waals surface area contributed by atoms with Crippen LogP contribution in [-0.2, 0) is 0 Å². The molecule has 0 saturated carbocycles. The molecule has 4 N–H and O–H groups in total. The number of carbonyl (C=O) groups is 1. The maximum Gasteiger partial charge on any atom is 0.251 e. The maximum atomic E-state index is 10.9. The van der Waals surface area contributed by atoms with Crippen LogP contribution in [0, 0.1) is 11.3 Å². The SMILES string of the molecule is N#Cc1cc(-n2cc(C(N)=O)cn2)ccc1N. The second-order valence-corrected chi connectivity index (χ2v) is 3.42. The van der Waals surface area contributed by atoms with E-state index in [-0.39, 0.29) is 0 Å². The van der Waals surface area contributed by atoms with Gasteiger partial charge in [0.15, 0.2) is 0 Å². The van der Waals surface area contributed by atoms with Gasteiger partial charge in [0.25, 0.3) is 5.91 Å². The summed E-state index contributed by atoms with van der Waals surface area (Å²) in [6, 6.07) is 6.88. The zero-order valence-electron chi connectivity index (χ0n) is 8.79. The second-order valence-electron chi connectivity index (χ2n) is 3.42. The molecule has 0 radical (unpaired) electrons. The molecule has 6 heteroatoms. The standard InChI is InChI=1S/C11H9N5O/c12-4-7-3-9(1-2-10(7)13)16-6-8(5-15-16)11(14)17/h1-3,5-6H,13H2,(H2,14,17). The number of hydrogen-bond acceptors (Lipinski definition) is 4. The van der Waals surface area contributed by atoms with Gasteiger partial charge < -0.3 is 11.5 Å². The van der Waals surface area contributed by atoms with Crippen LogP contribution in [0.3, 0.4) is 0 Å². The highest BCUT2D eigenvalue weighted by Crippen LogP contribution is 2.16. The van der Waals surface area contributed by atoms with Crippen molar-refractivity contribution in [3.05, 3.63) is 41.7 Å². The minimum Gasteiger partial charge on any atom is -0.398 e. The zero-order chi connectivity index (χ0) is 12.4. The summed E-state index contributed by atoms with van der Waals surface area (Å²) in [6.07, 6.45) is 2.86. The maximum absolute atomic E-state index is 10.9. The van der Waals surface area contributed by atoms with Crippen molar-refractivity contribution in [2.75, 3.05) is 5.73 Å². The van der Waals surface area contributed by atoms with Crippen LogP contribution in [0.1, 0.15) is 15.9 Å². The van der Waals surface area contributed by atoms with Gasteiger partial charge in [-0.3, -0.25) is 4.79 Å². The van der Waals surface area contributed by atoms with E-state index in [0.717, 1.165) is 0 Å². The molecule has 0 atom stereocenters. The van der Waals surface area contributed by atoms with Crippen molar-refractivity contribution < 1.29 is 4.79 Å². The summed E-state index contributed by atoms with van der Waals surface area (Å²) < 4.78 is 1.46. The molecule has 2 aromatic rings. The molecule has 0 aliphatic heterocycles. The van der Waals surface area contributed by atoms with Crippen LogP contribution in [0.25, 0.3) is 5.69 Å². The third-order valence-electron chi connectivity index (χ3n) is 2.29. The Morgan fingerprint density at radius 1 is 1.47 bits per heavy atom. The van der Waals surface area contributed by atoms with Crippen LogP contribution in [-0.4, -0.2) is 15.7 Å². The van der Waals surface area contributed by atoms with Crippen LogP contribution >= 0.6 is 0 Å². The molecule has 6 nitrogen and oxygen atoms in total. The first kappa shape index (κ1) is 10.7. The molecular formula is C11H9N5O. The molecule has 0 spiro atoms. The van der Waals surface area contributed by atoms with E-state index in [1.165, 1.54) is 17.1 Å². The second kappa shape index (κ2) is 3.98. The molecule has 1 aromatic heterocycles.